The fraction of sp³-hybridized carbons (Fsp3) is 0.579. The first kappa shape index (κ1) is 21.1. The number of carbonyl (C=O) groups is 2. The van der Waals surface area contributed by atoms with E-state index in [0.717, 1.165) is 10.9 Å². The van der Waals surface area contributed by atoms with Crippen LogP contribution in [0.5, 0.6) is 0 Å². The van der Waals surface area contributed by atoms with Gasteiger partial charge < -0.3 is 24.8 Å². The van der Waals surface area contributed by atoms with Gasteiger partial charge >= 0.3 is 0 Å². The molecule has 1 aromatic carbocycles. The van der Waals surface area contributed by atoms with Gasteiger partial charge in [-0.05, 0) is 18.2 Å². The molecule has 3 N–H and O–H groups in total. The SMILES string of the molecule is C[Si](C)(C)CCO[C@@H]1O[C@H](CO)[C@H](O)[C@H](O)[C@H]1N1C(=O)c2ccccc2C1=O. The number of hydrogen-bond acceptors (Lipinski definition) is 7. The molecule has 2 aliphatic rings. The zero-order valence-corrected chi connectivity index (χ0v) is 17.2. The molecule has 2 heterocycles. The molecule has 1 aromatic rings. The van der Waals surface area contributed by atoms with Crippen molar-refractivity contribution in [2.45, 2.75) is 56.3 Å². The van der Waals surface area contributed by atoms with Crippen molar-refractivity contribution in [1.29, 1.82) is 0 Å². The summed E-state index contributed by atoms with van der Waals surface area (Å²) in [5.41, 5.74) is 0.471. The summed E-state index contributed by atoms with van der Waals surface area (Å²) in [6.07, 6.45) is -5.19. The Hall–Kier alpha value is -1.62. The molecule has 2 amide bonds. The maximum absolute atomic E-state index is 12.8. The Bertz CT molecular complexity index is 715. The van der Waals surface area contributed by atoms with Crippen molar-refractivity contribution < 1.29 is 34.4 Å². The molecule has 0 aromatic heterocycles. The van der Waals surface area contributed by atoms with Gasteiger partial charge in [-0.2, -0.15) is 0 Å². The number of imide groups is 1. The number of rotatable bonds is 6. The van der Waals surface area contributed by atoms with Gasteiger partial charge in [0.2, 0.25) is 0 Å². The predicted octanol–water partition coefficient (Wildman–Crippen LogP) is 0.445. The van der Waals surface area contributed by atoms with Gasteiger partial charge in [0, 0.05) is 14.7 Å². The minimum atomic E-state index is -1.51. The van der Waals surface area contributed by atoms with Gasteiger partial charge in [-0.15, -0.1) is 0 Å². The van der Waals surface area contributed by atoms with Crippen LogP contribution in [0.1, 0.15) is 20.7 Å². The van der Waals surface area contributed by atoms with Crippen molar-refractivity contribution >= 4 is 19.9 Å². The first-order valence-corrected chi connectivity index (χ1v) is 13.1. The molecule has 0 aliphatic carbocycles. The molecule has 1 saturated heterocycles. The monoisotopic (exact) mass is 409 g/mol. The highest BCUT2D eigenvalue weighted by atomic mass is 28.3. The van der Waals surface area contributed by atoms with Gasteiger partial charge in [0.25, 0.3) is 11.8 Å². The van der Waals surface area contributed by atoms with Crippen molar-refractivity contribution in [2.24, 2.45) is 0 Å². The number of benzene rings is 1. The lowest BCUT2D eigenvalue weighted by Gasteiger charge is -2.44. The molecule has 0 saturated carbocycles. The lowest BCUT2D eigenvalue weighted by molar-refractivity contribution is -0.278. The highest BCUT2D eigenvalue weighted by molar-refractivity contribution is 6.76. The molecule has 154 valence electrons. The number of nitrogens with zero attached hydrogens (tertiary/aromatic N) is 1. The van der Waals surface area contributed by atoms with Crippen LogP contribution in [0.3, 0.4) is 0 Å². The fourth-order valence-corrected chi connectivity index (χ4v) is 4.17. The van der Waals surface area contributed by atoms with Crippen molar-refractivity contribution in [3.8, 4) is 0 Å². The summed E-state index contributed by atoms with van der Waals surface area (Å²) in [5.74, 6) is -1.14. The van der Waals surface area contributed by atoms with E-state index >= 15 is 0 Å². The Morgan fingerprint density at radius 1 is 1.07 bits per heavy atom. The highest BCUT2D eigenvalue weighted by Gasteiger charge is 2.53. The van der Waals surface area contributed by atoms with Gasteiger partial charge in [-0.3, -0.25) is 14.5 Å². The van der Waals surface area contributed by atoms with Crippen LogP contribution in [0.2, 0.25) is 25.7 Å². The van der Waals surface area contributed by atoms with Gasteiger partial charge in [0.15, 0.2) is 6.29 Å². The molecule has 3 rings (SSSR count). The number of fused-ring (bicyclic) bond motifs is 1. The summed E-state index contributed by atoms with van der Waals surface area (Å²) >= 11 is 0. The van der Waals surface area contributed by atoms with E-state index < -0.39 is 57.1 Å². The smallest absolute Gasteiger partial charge is 0.262 e. The Balaban J connectivity index is 1.88. The third kappa shape index (κ3) is 3.91. The summed E-state index contributed by atoms with van der Waals surface area (Å²) in [6, 6.07) is 5.98. The van der Waals surface area contributed by atoms with Gasteiger partial charge in [-0.1, -0.05) is 31.8 Å². The molecule has 0 bridgehead atoms. The molecule has 0 unspecified atom stereocenters. The topological polar surface area (TPSA) is 117 Å². The van der Waals surface area contributed by atoms with Crippen LogP contribution in [0.4, 0.5) is 0 Å². The van der Waals surface area contributed by atoms with E-state index in [-0.39, 0.29) is 11.1 Å². The van der Waals surface area contributed by atoms with Gasteiger partial charge in [0.05, 0.1) is 17.7 Å². The van der Waals surface area contributed by atoms with E-state index in [2.05, 4.69) is 19.6 Å². The van der Waals surface area contributed by atoms with E-state index in [1.807, 2.05) is 0 Å². The van der Waals surface area contributed by atoms with Crippen LogP contribution in [0.25, 0.3) is 0 Å². The predicted molar refractivity (Wildman–Crippen MR) is 103 cm³/mol. The average molecular weight is 410 g/mol. The zero-order valence-electron chi connectivity index (χ0n) is 16.2. The first-order valence-electron chi connectivity index (χ1n) is 9.36. The van der Waals surface area contributed by atoms with E-state index in [4.69, 9.17) is 9.47 Å². The molecular formula is C19H27NO7Si. The molecule has 1 fully saturated rings. The zero-order chi connectivity index (χ0) is 20.6. The number of hydrogen-bond donors (Lipinski definition) is 3. The number of aliphatic hydroxyl groups is 3. The van der Waals surface area contributed by atoms with Gasteiger partial charge in [0.1, 0.15) is 24.4 Å². The molecule has 8 nitrogen and oxygen atoms in total. The Morgan fingerprint density at radius 3 is 2.14 bits per heavy atom. The number of aliphatic hydroxyl groups excluding tert-OH is 3. The fourth-order valence-electron chi connectivity index (χ4n) is 3.44. The normalized spacial score (nSPS) is 30.6. The van der Waals surface area contributed by atoms with E-state index in [9.17, 15) is 24.9 Å². The first-order chi connectivity index (χ1) is 13.2. The lowest BCUT2D eigenvalue weighted by atomic mass is 9.95. The third-order valence-electron chi connectivity index (χ3n) is 5.11. The third-order valence-corrected chi connectivity index (χ3v) is 6.81. The molecule has 2 aliphatic heterocycles. The minimum Gasteiger partial charge on any atom is -0.394 e. The molecule has 9 heteroatoms. The van der Waals surface area contributed by atoms with E-state index in [0.29, 0.717) is 6.61 Å². The Labute approximate surface area is 164 Å². The van der Waals surface area contributed by atoms with Crippen molar-refractivity contribution in [3.63, 3.8) is 0 Å². The van der Waals surface area contributed by atoms with Crippen LogP contribution in [0, 0.1) is 0 Å². The molecule has 0 spiro atoms. The highest BCUT2D eigenvalue weighted by Crippen LogP contribution is 2.32. The summed E-state index contributed by atoms with van der Waals surface area (Å²) in [4.78, 5) is 26.6. The van der Waals surface area contributed by atoms with Crippen LogP contribution in [-0.2, 0) is 9.47 Å². The molecule has 28 heavy (non-hydrogen) atoms. The largest absolute Gasteiger partial charge is 0.394 e. The van der Waals surface area contributed by atoms with E-state index in [1.165, 1.54) is 0 Å². The van der Waals surface area contributed by atoms with Crippen molar-refractivity contribution in [3.05, 3.63) is 35.4 Å². The summed E-state index contributed by atoms with van der Waals surface area (Å²) < 4.78 is 11.5. The number of ether oxygens (including phenoxy) is 2. The molecule has 5 atom stereocenters. The Kier molecular flexibility index (Phi) is 6.04. The maximum atomic E-state index is 12.8. The van der Waals surface area contributed by atoms with Gasteiger partial charge in [-0.25, -0.2) is 0 Å². The average Bonchev–Trinajstić information content (AvgIpc) is 2.89. The number of amides is 2. The van der Waals surface area contributed by atoms with Crippen LogP contribution < -0.4 is 0 Å². The van der Waals surface area contributed by atoms with E-state index in [1.54, 1.807) is 24.3 Å². The van der Waals surface area contributed by atoms with Crippen molar-refractivity contribution in [2.75, 3.05) is 13.2 Å². The summed E-state index contributed by atoms with van der Waals surface area (Å²) in [6.45, 7) is 6.32. The van der Waals surface area contributed by atoms with Crippen LogP contribution in [-0.4, -0.2) is 84.0 Å². The second kappa shape index (κ2) is 8.01. The Morgan fingerprint density at radius 2 is 1.64 bits per heavy atom. The van der Waals surface area contributed by atoms with Crippen LogP contribution >= 0.6 is 0 Å². The molecule has 0 radical (unpaired) electrons. The molecular weight excluding hydrogens is 382 g/mol. The minimum absolute atomic E-state index is 0.235. The standard InChI is InChI=1S/C19H27NO7Si/c1-28(2,3)9-8-26-19-14(16(23)15(22)13(10-21)27-19)20-17(24)11-6-4-5-7-12(11)18(20)25/h4-7,13-16,19,21-23H,8-10H2,1-3H3/t13-,14-,15+,16-,19-/m1/s1. The maximum Gasteiger partial charge on any atom is 0.262 e. The van der Waals surface area contributed by atoms with Crippen LogP contribution in [0.15, 0.2) is 24.3 Å². The quantitative estimate of drug-likeness (QED) is 0.461. The second-order valence-electron chi connectivity index (χ2n) is 8.40. The summed E-state index contributed by atoms with van der Waals surface area (Å²) in [7, 11) is -1.42. The second-order valence-corrected chi connectivity index (χ2v) is 14.0. The summed E-state index contributed by atoms with van der Waals surface area (Å²) in [5, 5.41) is 30.4. The lowest BCUT2D eigenvalue weighted by Crippen LogP contribution is -2.65. The van der Waals surface area contributed by atoms with Crippen molar-refractivity contribution in [1.82, 2.24) is 4.90 Å². The number of carbonyl (C=O) groups excluding carboxylic acids is 2.